The van der Waals surface area contributed by atoms with Gasteiger partial charge in [0.05, 0.1) is 13.7 Å². The van der Waals surface area contributed by atoms with Gasteiger partial charge in [-0.15, -0.1) is 0 Å². The molecule has 0 unspecified atom stereocenters. The Kier molecular flexibility index (Phi) is 4.23. The number of hydrogen-bond acceptors (Lipinski definition) is 3. The highest BCUT2D eigenvalue weighted by Gasteiger charge is 2.16. The molecule has 0 saturated carbocycles. The molecule has 2 aromatic rings. The van der Waals surface area contributed by atoms with E-state index in [0.717, 1.165) is 37.4 Å². The molecule has 1 heterocycles. The van der Waals surface area contributed by atoms with Crippen molar-refractivity contribution in [3.8, 4) is 5.75 Å². The molecular weight excluding hydrogens is 262 g/mol. The summed E-state index contributed by atoms with van der Waals surface area (Å²) in [6, 6.07) is 14.6. The average Bonchev–Trinajstić information content (AvgIpc) is 2.55. The molecule has 0 fully saturated rings. The molecular formula is C18H21NO2. The van der Waals surface area contributed by atoms with Crippen LogP contribution in [0.1, 0.15) is 22.3 Å². The Morgan fingerprint density at radius 2 is 1.81 bits per heavy atom. The quantitative estimate of drug-likeness (QED) is 0.936. The summed E-state index contributed by atoms with van der Waals surface area (Å²) in [7, 11) is 1.72. The smallest absolute Gasteiger partial charge is 0.119 e. The normalized spacial score (nSPS) is 14.8. The molecule has 0 aromatic heterocycles. The summed E-state index contributed by atoms with van der Waals surface area (Å²) in [5.74, 6) is 0.946. The van der Waals surface area contributed by atoms with Crippen molar-refractivity contribution >= 4 is 0 Å². The fourth-order valence-corrected chi connectivity index (χ4v) is 2.86. The summed E-state index contributed by atoms with van der Waals surface area (Å²) in [5.41, 5.74) is 5.06. The van der Waals surface area contributed by atoms with E-state index in [1.807, 2.05) is 18.2 Å². The summed E-state index contributed by atoms with van der Waals surface area (Å²) >= 11 is 0. The van der Waals surface area contributed by atoms with Crippen molar-refractivity contribution in [2.75, 3.05) is 13.7 Å². The first kappa shape index (κ1) is 14.1. The standard InChI is InChI=1S/C18H21NO2/c1-21-18-7-6-17-12-19(9-8-16(17)10-18)11-14-2-4-15(13-20)5-3-14/h2-7,10,20H,8-9,11-13H2,1H3. The Bertz CT molecular complexity index is 607. The number of nitrogens with zero attached hydrogens (tertiary/aromatic N) is 1. The van der Waals surface area contributed by atoms with Gasteiger partial charge in [0, 0.05) is 19.6 Å². The summed E-state index contributed by atoms with van der Waals surface area (Å²) in [4.78, 5) is 2.46. The number of hydrogen-bond donors (Lipinski definition) is 1. The van der Waals surface area contributed by atoms with Gasteiger partial charge in [0.1, 0.15) is 5.75 Å². The van der Waals surface area contributed by atoms with Gasteiger partial charge in [-0.3, -0.25) is 4.90 Å². The Hall–Kier alpha value is -1.84. The molecule has 0 atom stereocenters. The van der Waals surface area contributed by atoms with E-state index in [1.54, 1.807) is 7.11 Å². The Labute approximate surface area is 125 Å². The van der Waals surface area contributed by atoms with Crippen LogP contribution in [0.4, 0.5) is 0 Å². The van der Waals surface area contributed by atoms with E-state index in [2.05, 4.69) is 29.2 Å². The van der Waals surface area contributed by atoms with E-state index in [0.29, 0.717) is 0 Å². The van der Waals surface area contributed by atoms with Crippen LogP contribution in [-0.2, 0) is 26.1 Å². The van der Waals surface area contributed by atoms with Gasteiger partial charge in [-0.05, 0) is 40.8 Å². The number of aliphatic hydroxyl groups excluding tert-OH is 1. The first-order valence-electron chi connectivity index (χ1n) is 7.35. The SMILES string of the molecule is COc1ccc2c(c1)CCN(Cc1ccc(CO)cc1)C2. The van der Waals surface area contributed by atoms with Crippen LogP contribution >= 0.6 is 0 Å². The molecule has 0 spiro atoms. The van der Waals surface area contributed by atoms with E-state index in [4.69, 9.17) is 9.84 Å². The zero-order valence-corrected chi connectivity index (χ0v) is 12.4. The number of methoxy groups -OCH3 is 1. The summed E-state index contributed by atoms with van der Waals surface area (Å²) < 4.78 is 5.29. The maximum Gasteiger partial charge on any atom is 0.119 e. The lowest BCUT2D eigenvalue weighted by Gasteiger charge is -2.29. The maximum atomic E-state index is 9.08. The molecule has 21 heavy (non-hydrogen) atoms. The van der Waals surface area contributed by atoms with Gasteiger partial charge >= 0.3 is 0 Å². The van der Waals surface area contributed by atoms with E-state index >= 15 is 0 Å². The molecule has 1 aliphatic rings. The van der Waals surface area contributed by atoms with Gasteiger partial charge in [0.25, 0.3) is 0 Å². The van der Waals surface area contributed by atoms with Crippen LogP contribution in [0.25, 0.3) is 0 Å². The highest BCUT2D eigenvalue weighted by Crippen LogP contribution is 2.24. The molecule has 3 rings (SSSR count). The lowest BCUT2D eigenvalue weighted by molar-refractivity contribution is 0.245. The highest BCUT2D eigenvalue weighted by molar-refractivity contribution is 5.37. The molecule has 0 saturated heterocycles. The lowest BCUT2D eigenvalue weighted by atomic mass is 9.99. The van der Waals surface area contributed by atoms with Crippen LogP contribution in [0.15, 0.2) is 42.5 Å². The van der Waals surface area contributed by atoms with Crippen molar-refractivity contribution in [1.29, 1.82) is 0 Å². The predicted molar refractivity (Wildman–Crippen MR) is 83.2 cm³/mol. The molecule has 0 amide bonds. The van der Waals surface area contributed by atoms with Gasteiger partial charge in [-0.2, -0.15) is 0 Å². The molecule has 0 bridgehead atoms. The van der Waals surface area contributed by atoms with Gasteiger partial charge < -0.3 is 9.84 Å². The van der Waals surface area contributed by atoms with Crippen molar-refractivity contribution < 1.29 is 9.84 Å². The monoisotopic (exact) mass is 283 g/mol. The van der Waals surface area contributed by atoms with Crippen molar-refractivity contribution in [2.24, 2.45) is 0 Å². The zero-order chi connectivity index (χ0) is 14.7. The second-order valence-corrected chi connectivity index (χ2v) is 5.57. The summed E-state index contributed by atoms with van der Waals surface area (Å²) in [6.45, 7) is 3.12. The van der Waals surface area contributed by atoms with E-state index in [9.17, 15) is 0 Å². The predicted octanol–water partition coefficient (Wildman–Crippen LogP) is 2.75. The first-order chi connectivity index (χ1) is 10.3. The lowest BCUT2D eigenvalue weighted by Crippen LogP contribution is -2.30. The van der Waals surface area contributed by atoms with Crippen molar-refractivity contribution in [1.82, 2.24) is 4.90 Å². The minimum absolute atomic E-state index is 0.110. The molecule has 2 aromatic carbocycles. The summed E-state index contributed by atoms with van der Waals surface area (Å²) in [5, 5.41) is 9.08. The minimum Gasteiger partial charge on any atom is -0.497 e. The molecule has 3 heteroatoms. The molecule has 0 aliphatic carbocycles. The average molecular weight is 283 g/mol. The zero-order valence-electron chi connectivity index (χ0n) is 12.4. The van der Waals surface area contributed by atoms with E-state index in [-0.39, 0.29) is 6.61 Å². The van der Waals surface area contributed by atoms with Gasteiger partial charge in [-0.1, -0.05) is 30.3 Å². The first-order valence-corrected chi connectivity index (χ1v) is 7.35. The second kappa shape index (κ2) is 6.29. The summed E-state index contributed by atoms with van der Waals surface area (Å²) in [6.07, 6.45) is 1.07. The third-order valence-corrected chi connectivity index (χ3v) is 4.12. The fourth-order valence-electron chi connectivity index (χ4n) is 2.86. The number of benzene rings is 2. The maximum absolute atomic E-state index is 9.08. The molecule has 3 nitrogen and oxygen atoms in total. The van der Waals surface area contributed by atoms with E-state index < -0.39 is 0 Å². The van der Waals surface area contributed by atoms with Crippen LogP contribution in [0.3, 0.4) is 0 Å². The van der Waals surface area contributed by atoms with Crippen LogP contribution in [-0.4, -0.2) is 23.7 Å². The number of ether oxygens (including phenoxy) is 1. The Morgan fingerprint density at radius 3 is 2.52 bits per heavy atom. The third kappa shape index (κ3) is 3.26. The number of rotatable bonds is 4. The molecule has 110 valence electrons. The number of fused-ring (bicyclic) bond motifs is 1. The molecule has 0 radical (unpaired) electrons. The largest absolute Gasteiger partial charge is 0.497 e. The van der Waals surface area contributed by atoms with Crippen molar-refractivity contribution in [3.63, 3.8) is 0 Å². The van der Waals surface area contributed by atoms with Crippen LogP contribution in [0.2, 0.25) is 0 Å². The third-order valence-electron chi connectivity index (χ3n) is 4.12. The Balaban J connectivity index is 1.68. The highest BCUT2D eigenvalue weighted by atomic mass is 16.5. The topological polar surface area (TPSA) is 32.7 Å². The van der Waals surface area contributed by atoms with Crippen LogP contribution in [0.5, 0.6) is 5.75 Å². The Morgan fingerprint density at radius 1 is 1.05 bits per heavy atom. The van der Waals surface area contributed by atoms with Crippen LogP contribution in [0, 0.1) is 0 Å². The molecule has 1 aliphatic heterocycles. The van der Waals surface area contributed by atoms with Crippen LogP contribution < -0.4 is 4.74 Å². The van der Waals surface area contributed by atoms with Crippen molar-refractivity contribution in [3.05, 3.63) is 64.7 Å². The fraction of sp³-hybridized carbons (Fsp3) is 0.333. The second-order valence-electron chi connectivity index (χ2n) is 5.57. The molecule has 1 N–H and O–H groups in total. The van der Waals surface area contributed by atoms with Crippen molar-refractivity contribution in [2.45, 2.75) is 26.1 Å². The minimum atomic E-state index is 0.110. The van der Waals surface area contributed by atoms with Gasteiger partial charge in [-0.25, -0.2) is 0 Å². The van der Waals surface area contributed by atoms with Gasteiger partial charge in [0.2, 0.25) is 0 Å². The number of aliphatic hydroxyl groups is 1. The van der Waals surface area contributed by atoms with E-state index in [1.165, 1.54) is 16.7 Å². The van der Waals surface area contributed by atoms with Gasteiger partial charge in [0.15, 0.2) is 0 Å².